The van der Waals surface area contributed by atoms with Crippen molar-refractivity contribution in [2.45, 2.75) is 52.2 Å². The number of ether oxygens (including phenoxy) is 2. The Bertz CT molecular complexity index is 643. The summed E-state index contributed by atoms with van der Waals surface area (Å²) < 4.78 is 11.0. The molecule has 2 aliphatic heterocycles. The van der Waals surface area contributed by atoms with E-state index in [0.717, 1.165) is 38.5 Å². The summed E-state index contributed by atoms with van der Waals surface area (Å²) in [6.07, 6.45) is -0.264. The molecule has 0 aromatic heterocycles. The molecular weight excluding hydrogens is 316 g/mol. The van der Waals surface area contributed by atoms with Gasteiger partial charge in [0.2, 0.25) is 0 Å². The Hall–Kier alpha value is -1.59. The second-order valence-corrected chi connectivity index (χ2v) is 8.69. The number of nitrogens with zero attached hydrogens (tertiary/aromatic N) is 2. The molecule has 0 atom stereocenters. The third-order valence-electron chi connectivity index (χ3n) is 4.76. The van der Waals surface area contributed by atoms with Crippen LogP contribution in [0.2, 0.25) is 0 Å². The molecule has 2 heterocycles. The maximum Gasteiger partial charge on any atom is 0.414 e. The zero-order chi connectivity index (χ0) is 18.2. The van der Waals surface area contributed by atoms with E-state index in [9.17, 15) is 4.79 Å². The Morgan fingerprint density at radius 1 is 1.24 bits per heavy atom. The topological polar surface area (TPSA) is 42.0 Å². The van der Waals surface area contributed by atoms with Crippen LogP contribution in [0.25, 0.3) is 0 Å². The third kappa shape index (κ3) is 4.15. The summed E-state index contributed by atoms with van der Waals surface area (Å²) in [5, 5.41) is 0. The second kappa shape index (κ2) is 6.61. The number of hydrogen-bond donors (Lipinski definition) is 0. The number of carbonyl (C=O) groups excluding carboxylic acids is 1. The van der Waals surface area contributed by atoms with Gasteiger partial charge in [-0.2, -0.15) is 0 Å². The smallest absolute Gasteiger partial charge is 0.414 e. The van der Waals surface area contributed by atoms with Crippen LogP contribution in [0, 0.1) is 0 Å². The number of hydrogen-bond acceptors (Lipinski definition) is 4. The molecule has 138 valence electrons. The standard InChI is InChI=1S/C20H30N2O3/c1-19(2,3)25-18(23)22-14-20(4,5)16-12-15(6-7-17(16)22)13-21-8-10-24-11-9-21/h6-7,12H,8-11,13-14H2,1-5H3. The molecule has 0 saturated carbocycles. The molecule has 0 radical (unpaired) electrons. The van der Waals surface area contributed by atoms with E-state index in [4.69, 9.17) is 9.47 Å². The number of benzene rings is 1. The van der Waals surface area contributed by atoms with Gasteiger partial charge in [-0.3, -0.25) is 9.80 Å². The summed E-state index contributed by atoms with van der Waals surface area (Å²) in [7, 11) is 0. The predicted octanol–water partition coefficient (Wildman–Crippen LogP) is 3.55. The molecule has 1 fully saturated rings. The van der Waals surface area contributed by atoms with Crippen LogP contribution in [0.15, 0.2) is 18.2 Å². The summed E-state index contributed by atoms with van der Waals surface area (Å²) >= 11 is 0. The minimum atomic E-state index is -0.486. The zero-order valence-corrected chi connectivity index (χ0v) is 16.1. The second-order valence-electron chi connectivity index (χ2n) is 8.69. The molecule has 25 heavy (non-hydrogen) atoms. The minimum absolute atomic E-state index is 0.0761. The van der Waals surface area contributed by atoms with E-state index in [1.807, 2.05) is 20.8 Å². The van der Waals surface area contributed by atoms with Gasteiger partial charge in [-0.05, 0) is 38.0 Å². The highest BCUT2D eigenvalue weighted by molar-refractivity contribution is 5.91. The van der Waals surface area contributed by atoms with Gasteiger partial charge in [-0.15, -0.1) is 0 Å². The largest absolute Gasteiger partial charge is 0.443 e. The first kappa shape index (κ1) is 18.2. The van der Waals surface area contributed by atoms with Gasteiger partial charge in [0.05, 0.1) is 18.9 Å². The molecule has 2 aliphatic rings. The van der Waals surface area contributed by atoms with Crippen LogP contribution < -0.4 is 4.90 Å². The Labute approximate surface area is 150 Å². The fraction of sp³-hybridized carbons (Fsp3) is 0.650. The lowest BCUT2D eigenvalue weighted by molar-refractivity contribution is 0.0342. The van der Waals surface area contributed by atoms with Crippen molar-refractivity contribution in [1.29, 1.82) is 0 Å². The molecule has 0 spiro atoms. The molecule has 1 aromatic carbocycles. The summed E-state index contributed by atoms with van der Waals surface area (Å²) in [4.78, 5) is 16.8. The van der Waals surface area contributed by atoms with E-state index in [1.165, 1.54) is 11.1 Å². The Morgan fingerprint density at radius 2 is 1.92 bits per heavy atom. The van der Waals surface area contributed by atoms with Gasteiger partial charge in [-0.1, -0.05) is 26.0 Å². The molecule has 1 aromatic rings. The molecule has 0 bridgehead atoms. The van der Waals surface area contributed by atoms with Crippen LogP contribution in [0.4, 0.5) is 10.5 Å². The number of fused-ring (bicyclic) bond motifs is 1. The van der Waals surface area contributed by atoms with Gasteiger partial charge in [-0.25, -0.2) is 4.79 Å². The number of amides is 1. The lowest BCUT2D eigenvalue weighted by atomic mass is 9.86. The first-order chi connectivity index (χ1) is 11.7. The summed E-state index contributed by atoms with van der Waals surface area (Å²) in [5.74, 6) is 0. The van der Waals surface area contributed by atoms with Crippen LogP contribution in [0.5, 0.6) is 0 Å². The molecule has 1 amide bonds. The number of morpholine rings is 1. The lowest BCUT2D eigenvalue weighted by Gasteiger charge is -2.27. The highest BCUT2D eigenvalue weighted by Gasteiger charge is 2.39. The van der Waals surface area contributed by atoms with Gasteiger partial charge in [0.15, 0.2) is 0 Å². The van der Waals surface area contributed by atoms with Gasteiger partial charge >= 0.3 is 6.09 Å². The van der Waals surface area contributed by atoms with Crippen molar-refractivity contribution < 1.29 is 14.3 Å². The molecule has 5 nitrogen and oxygen atoms in total. The molecular formula is C20H30N2O3. The maximum atomic E-state index is 12.6. The van der Waals surface area contributed by atoms with E-state index in [2.05, 4.69) is 36.9 Å². The molecule has 1 saturated heterocycles. The number of carbonyl (C=O) groups is 1. The van der Waals surface area contributed by atoms with Crippen LogP contribution in [-0.2, 0) is 21.4 Å². The number of rotatable bonds is 2. The molecule has 0 N–H and O–H groups in total. The van der Waals surface area contributed by atoms with Crippen molar-refractivity contribution in [3.05, 3.63) is 29.3 Å². The highest BCUT2D eigenvalue weighted by atomic mass is 16.6. The molecule has 5 heteroatoms. The fourth-order valence-electron chi connectivity index (χ4n) is 3.52. The summed E-state index contributed by atoms with van der Waals surface area (Å²) in [6.45, 7) is 15.2. The van der Waals surface area contributed by atoms with Gasteiger partial charge in [0.1, 0.15) is 5.60 Å². The SMILES string of the molecule is CC(C)(C)OC(=O)N1CC(C)(C)c2cc(CN3CCOCC3)ccc21. The molecule has 0 unspecified atom stereocenters. The van der Waals surface area contributed by atoms with Gasteiger partial charge in [0.25, 0.3) is 0 Å². The van der Waals surface area contributed by atoms with Crippen molar-refractivity contribution in [3.63, 3.8) is 0 Å². The predicted molar refractivity (Wildman–Crippen MR) is 99.1 cm³/mol. The Morgan fingerprint density at radius 3 is 2.56 bits per heavy atom. The highest BCUT2D eigenvalue weighted by Crippen LogP contribution is 2.41. The fourth-order valence-corrected chi connectivity index (χ4v) is 3.52. The summed E-state index contributed by atoms with van der Waals surface area (Å²) in [5.41, 5.74) is 2.93. The van der Waals surface area contributed by atoms with Crippen LogP contribution in [0.3, 0.4) is 0 Å². The van der Waals surface area contributed by atoms with E-state index in [0.29, 0.717) is 6.54 Å². The van der Waals surface area contributed by atoms with Crippen molar-refractivity contribution >= 4 is 11.8 Å². The van der Waals surface area contributed by atoms with Crippen molar-refractivity contribution in [2.24, 2.45) is 0 Å². The van der Waals surface area contributed by atoms with Crippen LogP contribution >= 0.6 is 0 Å². The van der Waals surface area contributed by atoms with Gasteiger partial charge < -0.3 is 9.47 Å². The molecule has 3 rings (SSSR count). The van der Waals surface area contributed by atoms with E-state index < -0.39 is 5.60 Å². The monoisotopic (exact) mass is 346 g/mol. The van der Waals surface area contributed by atoms with Crippen molar-refractivity contribution in [1.82, 2.24) is 4.90 Å². The van der Waals surface area contributed by atoms with E-state index in [-0.39, 0.29) is 11.5 Å². The third-order valence-corrected chi connectivity index (χ3v) is 4.76. The minimum Gasteiger partial charge on any atom is -0.443 e. The summed E-state index contributed by atoms with van der Waals surface area (Å²) in [6, 6.07) is 6.46. The van der Waals surface area contributed by atoms with E-state index in [1.54, 1.807) is 4.90 Å². The van der Waals surface area contributed by atoms with Crippen molar-refractivity contribution in [2.75, 3.05) is 37.7 Å². The average Bonchev–Trinajstić information content (AvgIpc) is 2.78. The van der Waals surface area contributed by atoms with Gasteiger partial charge in [0, 0.05) is 31.6 Å². The molecule has 0 aliphatic carbocycles. The first-order valence-electron chi connectivity index (χ1n) is 9.10. The van der Waals surface area contributed by atoms with E-state index >= 15 is 0 Å². The normalized spacial score (nSPS) is 20.4. The Balaban J connectivity index is 1.81. The number of anilines is 1. The lowest BCUT2D eigenvalue weighted by Crippen LogP contribution is -2.38. The zero-order valence-electron chi connectivity index (χ0n) is 16.1. The van der Waals surface area contributed by atoms with Crippen molar-refractivity contribution in [3.8, 4) is 0 Å². The maximum absolute atomic E-state index is 12.6. The first-order valence-corrected chi connectivity index (χ1v) is 9.10. The quantitative estimate of drug-likeness (QED) is 0.821. The average molecular weight is 346 g/mol. The van der Waals surface area contributed by atoms with Crippen LogP contribution in [0.1, 0.15) is 45.7 Å². The van der Waals surface area contributed by atoms with Crippen LogP contribution in [-0.4, -0.2) is 49.4 Å². The Kier molecular flexibility index (Phi) is 4.82.